The van der Waals surface area contributed by atoms with Gasteiger partial charge in [-0.2, -0.15) is 0 Å². The summed E-state index contributed by atoms with van der Waals surface area (Å²) in [5.41, 5.74) is 3.08. The van der Waals surface area contributed by atoms with Gasteiger partial charge in [-0.15, -0.1) is 0 Å². The third-order valence-electron chi connectivity index (χ3n) is 2.62. The summed E-state index contributed by atoms with van der Waals surface area (Å²) >= 11 is 0. The molecule has 1 aromatic carbocycles. The highest BCUT2D eigenvalue weighted by molar-refractivity contribution is 5.75. The molecule has 1 rings (SSSR count). The Hall–Kier alpha value is -1.83. The molecule has 17 heavy (non-hydrogen) atoms. The van der Waals surface area contributed by atoms with Gasteiger partial charge in [0.25, 0.3) is 0 Å². The number of carboxylic acid groups (broad SMARTS) is 1. The van der Waals surface area contributed by atoms with Crippen molar-refractivity contribution in [2.45, 2.75) is 26.7 Å². The van der Waals surface area contributed by atoms with E-state index in [2.05, 4.69) is 6.07 Å². The first-order valence-corrected chi connectivity index (χ1v) is 5.65. The van der Waals surface area contributed by atoms with E-state index in [9.17, 15) is 4.79 Å². The molecular weight excluding hydrogens is 212 g/mol. The first-order chi connectivity index (χ1) is 8.00. The van der Waals surface area contributed by atoms with Crippen LogP contribution in [0.4, 0.5) is 0 Å². The van der Waals surface area contributed by atoms with Crippen molar-refractivity contribution in [2.75, 3.05) is 0 Å². The predicted octanol–water partition coefficient (Wildman–Crippen LogP) is 3.62. The lowest BCUT2D eigenvalue weighted by molar-refractivity contribution is -0.138. The van der Waals surface area contributed by atoms with Crippen LogP contribution >= 0.6 is 0 Å². The minimum absolute atomic E-state index is 0.492. The molecule has 0 aromatic heterocycles. The highest BCUT2D eigenvalue weighted by Gasteiger charge is 2.11. The molecule has 2 heteroatoms. The second-order valence-corrected chi connectivity index (χ2v) is 4.24. The standard InChI is InChI=1S/C15H18O2/c1-11-6-4-5-7-14(13(3)15(16)17)9-8-12(2)10-11/h4-10,13H,1-3H3,(H,16,17)/t13-/m0/s1. The second-order valence-electron chi connectivity index (χ2n) is 4.24. The fraction of sp³-hybridized carbons (Fsp3) is 0.267. The minimum atomic E-state index is -0.806. The van der Waals surface area contributed by atoms with Gasteiger partial charge < -0.3 is 5.11 Å². The zero-order valence-electron chi connectivity index (χ0n) is 10.5. The van der Waals surface area contributed by atoms with Crippen LogP contribution in [0.25, 0.3) is 0 Å². The predicted molar refractivity (Wildman–Crippen MR) is 69.6 cm³/mol. The van der Waals surface area contributed by atoms with Gasteiger partial charge in [0.1, 0.15) is 0 Å². The van der Waals surface area contributed by atoms with Crippen LogP contribution in [0.5, 0.6) is 0 Å². The highest BCUT2D eigenvalue weighted by atomic mass is 16.4. The third-order valence-corrected chi connectivity index (χ3v) is 2.62. The topological polar surface area (TPSA) is 37.3 Å². The van der Waals surface area contributed by atoms with Crippen LogP contribution in [-0.2, 0) is 4.79 Å². The summed E-state index contributed by atoms with van der Waals surface area (Å²) in [5.74, 6) is -1.30. The normalized spacial score (nSPS) is 11.5. The molecular formula is C15H18O2. The maximum absolute atomic E-state index is 11.0. The van der Waals surface area contributed by atoms with Crippen LogP contribution < -0.4 is 0 Å². The largest absolute Gasteiger partial charge is 0.481 e. The molecule has 0 aliphatic rings. The Labute approximate surface area is 102 Å². The van der Waals surface area contributed by atoms with Crippen molar-refractivity contribution in [3.8, 4) is 0 Å². The molecule has 1 N–H and O–H groups in total. The van der Waals surface area contributed by atoms with Gasteiger partial charge in [0.05, 0.1) is 5.92 Å². The number of aryl methyl sites for hydroxylation is 2. The quantitative estimate of drug-likeness (QED) is 0.842. The van der Waals surface area contributed by atoms with Gasteiger partial charge in [-0.05, 0) is 26.3 Å². The van der Waals surface area contributed by atoms with E-state index in [1.165, 1.54) is 5.56 Å². The molecule has 0 saturated carbocycles. The average Bonchev–Trinajstić information content (AvgIpc) is 2.26. The number of aliphatic carboxylic acids is 1. The van der Waals surface area contributed by atoms with Crippen molar-refractivity contribution < 1.29 is 9.90 Å². The first kappa shape index (κ1) is 13.2. The maximum Gasteiger partial charge on any atom is 0.310 e. The Morgan fingerprint density at radius 2 is 1.65 bits per heavy atom. The van der Waals surface area contributed by atoms with Crippen LogP contribution in [0.3, 0.4) is 0 Å². The molecule has 0 aliphatic carbocycles. The lowest BCUT2D eigenvalue weighted by Crippen LogP contribution is -2.06. The van der Waals surface area contributed by atoms with Crippen LogP contribution in [0.15, 0.2) is 42.5 Å². The highest BCUT2D eigenvalue weighted by Crippen LogP contribution is 2.13. The fourth-order valence-corrected chi connectivity index (χ4v) is 1.54. The van der Waals surface area contributed by atoms with E-state index in [-0.39, 0.29) is 0 Å². The molecule has 1 aromatic rings. The molecule has 0 aliphatic heterocycles. The molecule has 1 atom stereocenters. The molecule has 0 unspecified atom stereocenters. The van der Waals surface area contributed by atoms with E-state index < -0.39 is 11.9 Å². The van der Waals surface area contributed by atoms with Crippen LogP contribution in [0, 0.1) is 13.8 Å². The Bertz CT molecular complexity index is 462. The maximum atomic E-state index is 11.0. The number of carbonyl (C=O) groups is 1. The molecule has 0 fully saturated rings. The summed E-state index contributed by atoms with van der Waals surface area (Å²) in [6.45, 7) is 5.73. The Morgan fingerprint density at radius 3 is 2.29 bits per heavy atom. The molecule has 0 heterocycles. The first-order valence-electron chi connectivity index (χ1n) is 5.65. The van der Waals surface area contributed by atoms with Gasteiger partial charge in [-0.3, -0.25) is 4.79 Å². The molecule has 90 valence electrons. The van der Waals surface area contributed by atoms with Gasteiger partial charge in [0, 0.05) is 0 Å². The molecule has 0 saturated heterocycles. The summed E-state index contributed by atoms with van der Waals surface area (Å²) in [5, 5.41) is 9.00. The fourth-order valence-electron chi connectivity index (χ4n) is 1.54. The smallest absolute Gasteiger partial charge is 0.310 e. The van der Waals surface area contributed by atoms with Crippen LogP contribution in [-0.4, -0.2) is 11.1 Å². The van der Waals surface area contributed by atoms with E-state index in [4.69, 9.17) is 5.11 Å². The van der Waals surface area contributed by atoms with Gasteiger partial charge in [0.15, 0.2) is 0 Å². The van der Waals surface area contributed by atoms with Gasteiger partial charge in [0.2, 0.25) is 0 Å². The zero-order chi connectivity index (χ0) is 12.8. The molecule has 0 radical (unpaired) electrons. The molecule has 0 amide bonds. The van der Waals surface area contributed by atoms with Crippen LogP contribution in [0.1, 0.15) is 29.5 Å². The Kier molecular flexibility index (Phi) is 4.70. The van der Waals surface area contributed by atoms with Crippen molar-refractivity contribution >= 4 is 5.97 Å². The second kappa shape index (κ2) is 6.04. The van der Waals surface area contributed by atoms with Crippen molar-refractivity contribution in [2.24, 2.45) is 0 Å². The van der Waals surface area contributed by atoms with E-state index in [1.54, 1.807) is 6.92 Å². The molecule has 0 spiro atoms. The summed E-state index contributed by atoms with van der Waals surface area (Å²) < 4.78 is 0. The average molecular weight is 230 g/mol. The Balaban J connectivity index is 3.31. The summed E-state index contributed by atoms with van der Waals surface area (Å²) in [6.07, 6.45) is 0. The SMILES string of the molecule is Cc1ccccc([C@H](C)C(=O)O)ccc(C)c1. The van der Waals surface area contributed by atoms with Gasteiger partial charge >= 0.3 is 5.97 Å². The van der Waals surface area contributed by atoms with Gasteiger partial charge in [-0.25, -0.2) is 0 Å². The molecule has 0 bridgehead atoms. The lowest BCUT2D eigenvalue weighted by atomic mass is 10.0. The van der Waals surface area contributed by atoms with Crippen molar-refractivity contribution in [3.05, 3.63) is 59.2 Å². The van der Waals surface area contributed by atoms with Gasteiger partial charge in [-0.1, -0.05) is 53.6 Å². The van der Waals surface area contributed by atoms with Crippen molar-refractivity contribution in [1.82, 2.24) is 0 Å². The molecule has 2 nitrogen and oxygen atoms in total. The lowest BCUT2D eigenvalue weighted by Gasteiger charge is -2.03. The Morgan fingerprint density at radius 1 is 1.06 bits per heavy atom. The number of carboxylic acids is 1. The summed E-state index contributed by atoms with van der Waals surface area (Å²) in [6, 6.07) is 13.5. The number of hydrogen-bond acceptors (Lipinski definition) is 1. The monoisotopic (exact) mass is 230 g/mol. The number of hydrogen-bond donors (Lipinski definition) is 1. The minimum Gasteiger partial charge on any atom is -0.481 e. The zero-order valence-corrected chi connectivity index (χ0v) is 10.5. The van der Waals surface area contributed by atoms with Crippen LogP contribution in [0.2, 0.25) is 0 Å². The van der Waals surface area contributed by atoms with E-state index in [1.807, 2.05) is 50.2 Å². The number of rotatable bonds is 2. The summed E-state index contributed by atoms with van der Waals surface area (Å²) in [7, 11) is 0. The van der Waals surface area contributed by atoms with E-state index in [0.29, 0.717) is 0 Å². The van der Waals surface area contributed by atoms with Crippen molar-refractivity contribution in [3.63, 3.8) is 0 Å². The van der Waals surface area contributed by atoms with E-state index in [0.717, 1.165) is 11.1 Å². The summed E-state index contributed by atoms with van der Waals surface area (Å²) in [4.78, 5) is 11.0. The third kappa shape index (κ3) is 4.27. The van der Waals surface area contributed by atoms with Crippen molar-refractivity contribution in [1.29, 1.82) is 0 Å². The van der Waals surface area contributed by atoms with E-state index >= 15 is 0 Å².